The second kappa shape index (κ2) is 6.35. The first-order valence-electron chi connectivity index (χ1n) is 8.26. The Morgan fingerprint density at radius 1 is 1.25 bits per heavy atom. The Morgan fingerprint density at radius 2 is 2.12 bits per heavy atom. The van der Waals surface area contributed by atoms with Gasteiger partial charge in [-0.05, 0) is 37.1 Å². The van der Waals surface area contributed by atoms with Crippen LogP contribution >= 0.6 is 0 Å². The summed E-state index contributed by atoms with van der Waals surface area (Å²) in [5.74, 6) is 1.16. The molecule has 0 saturated carbocycles. The summed E-state index contributed by atoms with van der Waals surface area (Å²) in [6, 6.07) is 15.6. The molecule has 1 saturated heterocycles. The Morgan fingerprint density at radius 3 is 2.96 bits per heavy atom. The number of amides is 1. The van der Waals surface area contributed by atoms with Crippen LogP contribution in [-0.2, 0) is 0 Å². The highest BCUT2D eigenvalue weighted by atomic mass is 16.3. The molecule has 1 aliphatic heterocycles. The maximum absolute atomic E-state index is 12.4. The highest BCUT2D eigenvalue weighted by molar-refractivity contribution is 5.96. The summed E-state index contributed by atoms with van der Waals surface area (Å²) in [6.07, 6.45) is 3.97. The van der Waals surface area contributed by atoms with Crippen LogP contribution < -0.4 is 10.2 Å². The molecule has 24 heavy (non-hydrogen) atoms. The van der Waals surface area contributed by atoms with Gasteiger partial charge in [0.15, 0.2) is 5.76 Å². The minimum Gasteiger partial charge on any atom is -0.451 e. The molecule has 0 aliphatic carbocycles. The zero-order valence-corrected chi connectivity index (χ0v) is 13.3. The molecule has 1 aliphatic rings. The van der Waals surface area contributed by atoms with Gasteiger partial charge in [-0.3, -0.25) is 4.79 Å². The van der Waals surface area contributed by atoms with Crippen molar-refractivity contribution < 1.29 is 9.21 Å². The van der Waals surface area contributed by atoms with Gasteiger partial charge in [0.2, 0.25) is 0 Å². The van der Waals surface area contributed by atoms with Crippen LogP contribution in [0.4, 0.5) is 5.82 Å². The maximum atomic E-state index is 12.4. The fourth-order valence-electron chi connectivity index (χ4n) is 3.26. The van der Waals surface area contributed by atoms with Crippen LogP contribution in [0.15, 0.2) is 59.1 Å². The first-order valence-corrected chi connectivity index (χ1v) is 8.26. The predicted octanol–water partition coefficient (Wildman–Crippen LogP) is 3.23. The lowest BCUT2D eigenvalue weighted by Gasteiger charge is -2.25. The lowest BCUT2D eigenvalue weighted by molar-refractivity contribution is 0.0926. The van der Waals surface area contributed by atoms with Crippen LogP contribution in [-0.4, -0.2) is 30.0 Å². The number of fused-ring (bicyclic) bond motifs is 1. The molecule has 1 fully saturated rings. The average molecular weight is 321 g/mol. The van der Waals surface area contributed by atoms with Gasteiger partial charge in [-0.25, -0.2) is 4.98 Å². The number of nitrogens with one attached hydrogen (secondary N) is 1. The van der Waals surface area contributed by atoms with Crippen LogP contribution in [0.25, 0.3) is 11.0 Å². The maximum Gasteiger partial charge on any atom is 0.287 e. The fraction of sp³-hybridized carbons (Fsp3) is 0.263. The van der Waals surface area contributed by atoms with Crippen LogP contribution in [0.2, 0.25) is 0 Å². The summed E-state index contributed by atoms with van der Waals surface area (Å²) in [7, 11) is 0. The third-order valence-electron chi connectivity index (χ3n) is 4.47. The minimum absolute atomic E-state index is 0.168. The molecule has 2 aromatic heterocycles. The van der Waals surface area contributed by atoms with E-state index in [-0.39, 0.29) is 11.9 Å². The summed E-state index contributed by atoms with van der Waals surface area (Å²) in [4.78, 5) is 19.1. The van der Waals surface area contributed by atoms with Gasteiger partial charge in [-0.15, -0.1) is 0 Å². The van der Waals surface area contributed by atoms with Crippen molar-refractivity contribution in [3.05, 3.63) is 60.5 Å². The molecule has 1 N–H and O–H groups in total. The van der Waals surface area contributed by atoms with E-state index in [0.717, 1.165) is 36.2 Å². The van der Waals surface area contributed by atoms with Crippen molar-refractivity contribution in [2.45, 2.75) is 18.9 Å². The smallest absolute Gasteiger partial charge is 0.287 e. The van der Waals surface area contributed by atoms with Crippen LogP contribution in [0.5, 0.6) is 0 Å². The summed E-state index contributed by atoms with van der Waals surface area (Å²) in [5.41, 5.74) is 0.735. The SMILES string of the molecule is O=C(NC[C@@H]1CCCN1c1ccccn1)c1cc2ccccc2o1. The summed E-state index contributed by atoms with van der Waals surface area (Å²) >= 11 is 0. The Labute approximate surface area is 140 Å². The van der Waals surface area contributed by atoms with Crippen molar-refractivity contribution in [1.82, 2.24) is 10.3 Å². The normalized spacial score (nSPS) is 17.3. The second-order valence-corrected chi connectivity index (χ2v) is 6.04. The van der Waals surface area contributed by atoms with E-state index in [1.54, 1.807) is 12.3 Å². The zero-order chi connectivity index (χ0) is 16.4. The number of benzene rings is 1. The number of aromatic nitrogens is 1. The van der Waals surface area contributed by atoms with Gasteiger partial charge < -0.3 is 14.6 Å². The monoisotopic (exact) mass is 321 g/mol. The lowest BCUT2D eigenvalue weighted by Crippen LogP contribution is -2.40. The molecule has 5 heteroatoms. The first kappa shape index (κ1) is 14.8. The number of furan rings is 1. The van der Waals surface area contributed by atoms with E-state index >= 15 is 0 Å². The van der Waals surface area contributed by atoms with Crippen LogP contribution in [0.1, 0.15) is 23.4 Å². The third-order valence-corrected chi connectivity index (χ3v) is 4.47. The van der Waals surface area contributed by atoms with Crippen molar-refractivity contribution in [3.63, 3.8) is 0 Å². The number of para-hydroxylation sites is 1. The molecular formula is C19H19N3O2. The number of rotatable bonds is 4. The molecule has 3 heterocycles. The van der Waals surface area contributed by atoms with E-state index in [0.29, 0.717) is 12.3 Å². The van der Waals surface area contributed by atoms with E-state index in [1.165, 1.54) is 0 Å². The quantitative estimate of drug-likeness (QED) is 0.801. The third kappa shape index (κ3) is 2.85. The molecule has 122 valence electrons. The van der Waals surface area contributed by atoms with Crippen molar-refractivity contribution in [3.8, 4) is 0 Å². The van der Waals surface area contributed by atoms with Crippen molar-refractivity contribution in [1.29, 1.82) is 0 Å². The minimum atomic E-state index is -0.168. The van der Waals surface area contributed by atoms with E-state index in [9.17, 15) is 4.79 Å². The number of pyridine rings is 1. The zero-order valence-electron chi connectivity index (χ0n) is 13.3. The largest absolute Gasteiger partial charge is 0.451 e. The van der Waals surface area contributed by atoms with E-state index in [1.807, 2.05) is 42.5 Å². The number of hydrogen-bond donors (Lipinski definition) is 1. The molecule has 0 bridgehead atoms. The highest BCUT2D eigenvalue weighted by Gasteiger charge is 2.26. The van der Waals surface area contributed by atoms with Crippen LogP contribution in [0, 0.1) is 0 Å². The second-order valence-electron chi connectivity index (χ2n) is 6.04. The van der Waals surface area contributed by atoms with Crippen LogP contribution in [0.3, 0.4) is 0 Å². The topological polar surface area (TPSA) is 58.4 Å². The fourth-order valence-corrected chi connectivity index (χ4v) is 3.26. The molecule has 0 unspecified atom stereocenters. The lowest BCUT2D eigenvalue weighted by atomic mass is 10.2. The summed E-state index contributed by atoms with van der Waals surface area (Å²) < 4.78 is 5.62. The van der Waals surface area contributed by atoms with Gasteiger partial charge in [-0.2, -0.15) is 0 Å². The molecule has 0 radical (unpaired) electrons. The molecule has 4 rings (SSSR count). The molecular weight excluding hydrogens is 302 g/mol. The van der Waals surface area contributed by atoms with Gasteiger partial charge in [0.25, 0.3) is 5.91 Å². The Kier molecular flexibility index (Phi) is 3.91. The Hall–Kier alpha value is -2.82. The number of carbonyl (C=O) groups is 1. The van der Waals surface area contributed by atoms with Gasteiger partial charge in [0.1, 0.15) is 11.4 Å². The van der Waals surface area contributed by atoms with E-state index in [4.69, 9.17) is 4.42 Å². The highest BCUT2D eigenvalue weighted by Crippen LogP contribution is 2.23. The van der Waals surface area contributed by atoms with Crippen molar-refractivity contribution in [2.75, 3.05) is 18.0 Å². The summed E-state index contributed by atoms with van der Waals surface area (Å²) in [6.45, 7) is 1.56. The number of anilines is 1. The first-order chi connectivity index (χ1) is 11.8. The van der Waals surface area contributed by atoms with Gasteiger partial charge in [0.05, 0.1) is 0 Å². The molecule has 1 aromatic carbocycles. The Balaban J connectivity index is 1.43. The van der Waals surface area contributed by atoms with Gasteiger partial charge >= 0.3 is 0 Å². The molecule has 1 amide bonds. The molecule has 3 aromatic rings. The number of hydrogen-bond acceptors (Lipinski definition) is 4. The van der Waals surface area contributed by atoms with Gasteiger partial charge in [-0.1, -0.05) is 24.3 Å². The van der Waals surface area contributed by atoms with Crippen molar-refractivity contribution in [2.24, 2.45) is 0 Å². The molecule has 0 spiro atoms. The predicted molar refractivity (Wildman–Crippen MR) is 93.2 cm³/mol. The van der Waals surface area contributed by atoms with E-state index < -0.39 is 0 Å². The Bertz CT molecular complexity index is 811. The average Bonchev–Trinajstić information content (AvgIpc) is 3.27. The number of carbonyl (C=O) groups excluding carboxylic acids is 1. The van der Waals surface area contributed by atoms with E-state index in [2.05, 4.69) is 15.2 Å². The standard InChI is InChI=1S/C19H19N3O2/c23-19(17-12-14-6-1-2-8-16(14)24-17)21-13-15-7-5-11-22(15)18-9-3-4-10-20-18/h1-4,6,8-10,12,15H,5,7,11,13H2,(H,21,23)/t15-/m0/s1. The van der Waals surface area contributed by atoms with Gasteiger partial charge in [0, 0.05) is 30.7 Å². The van der Waals surface area contributed by atoms with Crippen molar-refractivity contribution >= 4 is 22.7 Å². The number of nitrogens with zero attached hydrogens (tertiary/aromatic N) is 2. The summed E-state index contributed by atoms with van der Waals surface area (Å²) in [5, 5.41) is 3.94. The molecule has 1 atom stereocenters. The molecule has 5 nitrogen and oxygen atoms in total.